The van der Waals surface area contributed by atoms with E-state index in [9.17, 15) is 14.4 Å². The zero-order valence-electron chi connectivity index (χ0n) is 13.5. The summed E-state index contributed by atoms with van der Waals surface area (Å²) in [6.07, 6.45) is 2.87. The van der Waals surface area contributed by atoms with Gasteiger partial charge in [0.1, 0.15) is 29.3 Å². The van der Waals surface area contributed by atoms with Gasteiger partial charge in [-0.15, -0.1) is 0 Å². The average molecular weight is 345 g/mol. The fourth-order valence-corrected chi connectivity index (χ4v) is 2.58. The minimum Gasteiger partial charge on any atom is -0.478 e. The summed E-state index contributed by atoms with van der Waals surface area (Å²) in [4.78, 5) is 15.6. The highest BCUT2D eigenvalue weighted by atomic mass is 19.1. The summed E-state index contributed by atoms with van der Waals surface area (Å²) in [5, 5.41) is 18.6. The van der Waals surface area contributed by atoms with E-state index in [4.69, 9.17) is 10.00 Å². The van der Waals surface area contributed by atoms with E-state index >= 15 is 0 Å². The lowest BCUT2D eigenvalue weighted by Gasteiger charge is -2.06. The minimum atomic E-state index is -0.486. The molecule has 0 radical (unpaired) electrons. The monoisotopic (exact) mass is 345 g/mol. The zero-order valence-corrected chi connectivity index (χ0v) is 13.5. The van der Waals surface area contributed by atoms with E-state index in [1.165, 1.54) is 30.5 Å². The van der Waals surface area contributed by atoms with Crippen LogP contribution in [0.3, 0.4) is 0 Å². The number of nitrogens with zero attached hydrogens (tertiary/aromatic N) is 2. The van der Waals surface area contributed by atoms with Crippen molar-refractivity contribution in [2.75, 3.05) is 6.61 Å². The van der Waals surface area contributed by atoms with Gasteiger partial charge in [0.2, 0.25) is 5.78 Å². The molecule has 0 saturated heterocycles. The molecule has 0 aliphatic carbocycles. The molecule has 0 aliphatic rings. The molecule has 2 aromatic carbocycles. The zero-order chi connectivity index (χ0) is 18.5. The Kier molecular flexibility index (Phi) is 4.78. The molecule has 0 saturated carbocycles. The molecule has 0 atom stereocenters. The molecule has 1 aromatic heterocycles. The number of nitrogens with one attached hydrogen (secondary N) is 1. The Labute approximate surface area is 148 Å². The number of para-hydroxylation sites is 1. The third kappa shape index (κ3) is 3.31. The predicted octanol–water partition coefficient (Wildman–Crippen LogP) is 4.00. The number of fused-ring (bicyclic) bond motifs is 1. The Morgan fingerprint density at radius 2 is 2.04 bits per heavy atom. The van der Waals surface area contributed by atoms with Gasteiger partial charge in [-0.3, -0.25) is 4.79 Å². The molecular weight excluding hydrogens is 333 g/mol. The SMILES string of the molecule is N#CCOc1ccccc1/C=C(/C#N)C(=O)c1c[nH]c2cc(F)ccc12. The van der Waals surface area contributed by atoms with Gasteiger partial charge < -0.3 is 9.72 Å². The van der Waals surface area contributed by atoms with Crippen LogP contribution in [0.5, 0.6) is 5.75 Å². The second-order valence-corrected chi connectivity index (χ2v) is 5.38. The van der Waals surface area contributed by atoms with Crippen LogP contribution in [0.2, 0.25) is 0 Å². The van der Waals surface area contributed by atoms with Gasteiger partial charge in [0, 0.05) is 28.2 Å². The second kappa shape index (κ2) is 7.33. The van der Waals surface area contributed by atoms with Crippen LogP contribution in [0.25, 0.3) is 17.0 Å². The maximum atomic E-state index is 13.3. The molecule has 6 heteroatoms. The number of benzene rings is 2. The van der Waals surface area contributed by atoms with Gasteiger partial charge >= 0.3 is 0 Å². The molecule has 0 aliphatic heterocycles. The number of Topliss-reactive ketones (excluding diaryl/α,β-unsaturated/α-hetero) is 1. The Hall–Kier alpha value is -3.90. The highest BCUT2D eigenvalue weighted by Crippen LogP contribution is 2.25. The lowest BCUT2D eigenvalue weighted by atomic mass is 10.0. The van der Waals surface area contributed by atoms with Gasteiger partial charge in [-0.1, -0.05) is 18.2 Å². The van der Waals surface area contributed by atoms with Crippen LogP contribution in [0.15, 0.2) is 54.2 Å². The molecule has 3 rings (SSSR count). The number of hydrogen-bond donors (Lipinski definition) is 1. The lowest BCUT2D eigenvalue weighted by Crippen LogP contribution is -2.02. The summed E-state index contributed by atoms with van der Waals surface area (Å²) >= 11 is 0. The van der Waals surface area contributed by atoms with Crippen LogP contribution in [0.1, 0.15) is 15.9 Å². The minimum absolute atomic E-state index is 0.0942. The van der Waals surface area contributed by atoms with Crippen LogP contribution in [-0.4, -0.2) is 17.4 Å². The number of allylic oxidation sites excluding steroid dienone is 1. The number of ether oxygens (including phenoxy) is 1. The van der Waals surface area contributed by atoms with Crippen LogP contribution in [-0.2, 0) is 0 Å². The standard InChI is InChI=1S/C20H12FN3O2/c21-15-5-6-16-17(12-24-18(16)10-15)20(25)14(11-23)9-13-3-1-2-4-19(13)26-8-7-22/h1-6,9-10,12,24H,8H2/b14-9-. The van der Waals surface area contributed by atoms with Crippen molar-refractivity contribution in [2.24, 2.45) is 0 Å². The van der Waals surface area contributed by atoms with E-state index in [2.05, 4.69) is 4.98 Å². The Morgan fingerprint density at radius 1 is 1.23 bits per heavy atom. The second-order valence-electron chi connectivity index (χ2n) is 5.38. The van der Waals surface area contributed by atoms with Gasteiger partial charge in [0.05, 0.1) is 0 Å². The van der Waals surface area contributed by atoms with Crippen LogP contribution in [0.4, 0.5) is 4.39 Å². The van der Waals surface area contributed by atoms with Crippen molar-refractivity contribution in [3.63, 3.8) is 0 Å². The number of aromatic amines is 1. The summed E-state index contributed by atoms with van der Waals surface area (Å²) in [6.45, 7) is -0.144. The molecule has 0 fully saturated rings. The Bertz CT molecular complexity index is 1100. The van der Waals surface area contributed by atoms with E-state index < -0.39 is 11.6 Å². The number of halogens is 1. The molecule has 0 bridgehead atoms. The smallest absolute Gasteiger partial charge is 0.205 e. The van der Waals surface area contributed by atoms with E-state index in [0.717, 1.165) is 0 Å². The summed E-state index contributed by atoms with van der Waals surface area (Å²) < 4.78 is 18.6. The molecule has 0 amide bonds. The summed E-state index contributed by atoms with van der Waals surface area (Å²) in [6, 6.07) is 14.6. The number of hydrogen-bond acceptors (Lipinski definition) is 4. The van der Waals surface area contributed by atoms with Crippen LogP contribution < -0.4 is 4.74 Å². The number of ketones is 1. The van der Waals surface area contributed by atoms with Gasteiger partial charge in [-0.05, 0) is 30.3 Å². The third-order valence-electron chi connectivity index (χ3n) is 3.76. The summed E-state index contributed by atoms with van der Waals surface area (Å²) in [5.74, 6) is -0.506. The maximum absolute atomic E-state index is 13.3. The topological polar surface area (TPSA) is 89.7 Å². The van der Waals surface area contributed by atoms with Gasteiger partial charge in [-0.2, -0.15) is 10.5 Å². The van der Waals surface area contributed by atoms with Crippen molar-refractivity contribution in [1.82, 2.24) is 4.98 Å². The fraction of sp³-hybridized carbons (Fsp3) is 0.0500. The van der Waals surface area contributed by atoms with E-state index in [1.54, 1.807) is 24.3 Å². The van der Waals surface area contributed by atoms with Crippen LogP contribution >= 0.6 is 0 Å². The van der Waals surface area contributed by atoms with Crippen molar-refractivity contribution in [2.45, 2.75) is 0 Å². The molecule has 5 nitrogen and oxygen atoms in total. The summed E-state index contributed by atoms with van der Waals surface area (Å²) in [7, 11) is 0. The molecule has 1 heterocycles. The van der Waals surface area contributed by atoms with E-state index in [-0.39, 0.29) is 17.7 Å². The number of aromatic nitrogens is 1. The molecule has 3 aromatic rings. The van der Waals surface area contributed by atoms with Gasteiger partial charge in [0.25, 0.3) is 0 Å². The Balaban J connectivity index is 2.01. The van der Waals surface area contributed by atoms with Gasteiger partial charge in [0.15, 0.2) is 6.61 Å². The molecule has 1 N–H and O–H groups in total. The number of rotatable bonds is 5. The highest BCUT2D eigenvalue weighted by Gasteiger charge is 2.17. The van der Waals surface area contributed by atoms with Crippen LogP contribution in [0, 0.1) is 28.5 Å². The normalized spacial score (nSPS) is 11.0. The lowest BCUT2D eigenvalue weighted by molar-refractivity contribution is 0.104. The first-order chi connectivity index (χ1) is 12.6. The largest absolute Gasteiger partial charge is 0.478 e. The number of carbonyl (C=O) groups excluding carboxylic acids is 1. The number of H-pyrrole nitrogens is 1. The molecular formula is C20H12FN3O2. The van der Waals surface area contributed by atoms with Crippen molar-refractivity contribution >= 4 is 22.8 Å². The van der Waals surface area contributed by atoms with Crippen molar-refractivity contribution in [1.29, 1.82) is 10.5 Å². The molecule has 26 heavy (non-hydrogen) atoms. The highest BCUT2D eigenvalue weighted by molar-refractivity contribution is 6.19. The number of carbonyl (C=O) groups is 1. The first-order valence-corrected chi connectivity index (χ1v) is 7.66. The van der Waals surface area contributed by atoms with Crippen molar-refractivity contribution in [3.05, 3.63) is 71.2 Å². The first-order valence-electron chi connectivity index (χ1n) is 7.66. The summed E-state index contributed by atoms with van der Waals surface area (Å²) in [5.41, 5.74) is 1.17. The quantitative estimate of drug-likeness (QED) is 0.430. The average Bonchev–Trinajstić information content (AvgIpc) is 3.07. The fourth-order valence-electron chi connectivity index (χ4n) is 2.58. The van der Waals surface area contributed by atoms with Crippen molar-refractivity contribution < 1.29 is 13.9 Å². The molecule has 126 valence electrons. The Morgan fingerprint density at radius 3 is 2.81 bits per heavy atom. The van der Waals surface area contributed by atoms with E-state index in [1.807, 2.05) is 12.1 Å². The number of nitriles is 2. The predicted molar refractivity (Wildman–Crippen MR) is 93.7 cm³/mol. The maximum Gasteiger partial charge on any atom is 0.205 e. The molecule has 0 unspecified atom stereocenters. The van der Waals surface area contributed by atoms with E-state index in [0.29, 0.717) is 22.2 Å². The van der Waals surface area contributed by atoms with Crippen molar-refractivity contribution in [3.8, 4) is 17.9 Å². The van der Waals surface area contributed by atoms with Gasteiger partial charge in [-0.25, -0.2) is 4.39 Å². The molecule has 0 spiro atoms. The first kappa shape index (κ1) is 16.9. The third-order valence-corrected chi connectivity index (χ3v) is 3.76.